The Balaban J connectivity index is 2.66. The van der Waals surface area contributed by atoms with E-state index in [1.165, 1.54) is 5.56 Å². The highest BCUT2D eigenvalue weighted by Crippen LogP contribution is 2.32. The summed E-state index contributed by atoms with van der Waals surface area (Å²) in [7, 11) is 3.36. The highest BCUT2D eigenvalue weighted by Gasteiger charge is 2.27. The second-order valence-electron chi connectivity index (χ2n) is 11.5. The van der Waals surface area contributed by atoms with E-state index in [0.717, 1.165) is 50.0 Å². The van der Waals surface area contributed by atoms with Crippen molar-refractivity contribution >= 4 is 6.09 Å². The average molecular weight is 523 g/mol. The predicted molar refractivity (Wildman–Crippen MR) is 148 cm³/mol. The van der Waals surface area contributed by atoms with Crippen LogP contribution in [0.4, 0.5) is 4.79 Å². The van der Waals surface area contributed by atoms with Gasteiger partial charge in [-0.3, -0.25) is 5.32 Å². The number of alkyl carbamates (subject to hydrolysis) is 1. The van der Waals surface area contributed by atoms with Crippen molar-refractivity contribution in [2.24, 2.45) is 23.7 Å². The van der Waals surface area contributed by atoms with Gasteiger partial charge in [0.15, 0.2) is 17.7 Å². The molecule has 7 nitrogen and oxygen atoms in total. The van der Waals surface area contributed by atoms with Crippen molar-refractivity contribution in [3.8, 4) is 11.5 Å². The number of nitrogens with one attached hydrogen (secondary N) is 1. The van der Waals surface area contributed by atoms with E-state index >= 15 is 0 Å². The van der Waals surface area contributed by atoms with E-state index < -0.39 is 11.7 Å². The molecule has 2 atom stereocenters. The van der Waals surface area contributed by atoms with Crippen molar-refractivity contribution in [3.05, 3.63) is 30.0 Å². The Morgan fingerprint density at radius 1 is 0.946 bits per heavy atom. The molecule has 7 heteroatoms. The zero-order valence-electron chi connectivity index (χ0n) is 24.7. The molecule has 1 rings (SSSR count). The van der Waals surface area contributed by atoms with Gasteiger partial charge in [0.1, 0.15) is 5.60 Å². The SMILES string of the molecule is COCCCOc1cc(C[C@H](CCCC[C@H]([C](O)NC(=O)OC(C)(C)C)C(C)C)C(C)C)ccc1OC. The largest absolute Gasteiger partial charge is 0.493 e. The number of ether oxygens (including phenoxy) is 4. The van der Waals surface area contributed by atoms with Gasteiger partial charge in [0.25, 0.3) is 0 Å². The first-order valence-corrected chi connectivity index (χ1v) is 13.7. The van der Waals surface area contributed by atoms with Crippen molar-refractivity contribution in [1.29, 1.82) is 0 Å². The maximum Gasteiger partial charge on any atom is 0.410 e. The van der Waals surface area contributed by atoms with Crippen molar-refractivity contribution in [2.75, 3.05) is 27.4 Å². The molecule has 1 aromatic carbocycles. The molecule has 0 aliphatic rings. The second-order valence-corrected chi connectivity index (χ2v) is 11.5. The lowest BCUT2D eigenvalue weighted by molar-refractivity contribution is 0.0421. The maximum atomic E-state index is 12.1. The van der Waals surface area contributed by atoms with Crippen LogP contribution in [0, 0.1) is 29.9 Å². The standard InChI is InChI=1S/C30H52NO6/c1-21(2)24(19-23-15-16-26(35-9)27(20-23)36-18-12-17-34-8)13-10-11-14-25(22(3)4)28(32)31-29(33)37-30(5,6)7/h15-16,20-22,24-25,32H,10-14,17-19H2,1-9H3,(H,31,33)/t24-,25-/m0/s1. The van der Waals surface area contributed by atoms with Crippen molar-refractivity contribution in [1.82, 2.24) is 5.32 Å². The highest BCUT2D eigenvalue weighted by molar-refractivity contribution is 5.68. The van der Waals surface area contributed by atoms with Crippen molar-refractivity contribution in [2.45, 2.75) is 92.6 Å². The van der Waals surface area contributed by atoms with Gasteiger partial charge in [0, 0.05) is 26.1 Å². The van der Waals surface area contributed by atoms with E-state index in [1.807, 2.05) is 6.07 Å². The molecule has 0 aliphatic carbocycles. The lowest BCUT2D eigenvalue weighted by atomic mass is 9.83. The van der Waals surface area contributed by atoms with Gasteiger partial charge in [-0.2, -0.15) is 0 Å². The number of amides is 1. The summed E-state index contributed by atoms with van der Waals surface area (Å²) < 4.78 is 21.8. The monoisotopic (exact) mass is 522 g/mol. The Morgan fingerprint density at radius 3 is 2.19 bits per heavy atom. The Labute approximate surface area is 225 Å². The maximum absolute atomic E-state index is 12.1. The van der Waals surface area contributed by atoms with Gasteiger partial charge in [0.2, 0.25) is 0 Å². The van der Waals surface area contributed by atoms with Crippen LogP contribution in [0.25, 0.3) is 0 Å². The number of carbonyl (C=O) groups is 1. The first-order valence-electron chi connectivity index (χ1n) is 13.7. The molecular formula is C30H52NO6. The van der Waals surface area contributed by atoms with Crippen LogP contribution in [0.15, 0.2) is 18.2 Å². The number of aliphatic hydroxyl groups excluding tert-OH is 1. The number of hydrogen-bond donors (Lipinski definition) is 2. The molecule has 1 amide bonds. The fraction of sp³-hybridized carbons (Fsp3) is 0.733. The van der Waals surface area contributed by atoms with Gasteiger partial charge >= 0.3 is 6.09 Å². The van der Waals surface area contributed by atoms with Gasteiger partial charge in [-0.15, -0.1) is 0 Å². The number of benzene rings is 1. The van der Waals surface area contributed by atoms with Gasteiger partial charge < -0.3 is 24.1 Å². The van der Waals surface area contributed by atoms with E-state index in [1.54, 1.807) is 35.0 Å². The fourth-order valence-electron chi connectivity index (χ4n) is 4.38. The number of hydrogen-bond acceptors (Lipinski definition) is 6. The molecule has 0 saturated carbocycles. The molecule has 1 radical (unpaired) electrons. The van der Waals surface area contributed by atoms with E-state index in [4.69, 9.17) is 18.9 Å². The summed E-state index contributed by atoms with van der Waals surface area (Å²) in [5.41, 5.74) is 0.637. The molecule has 2 N–H and O–H groups in total. The Bertz CT molecular complexity index is 774. The zero-order chi connectivity index (χ0) is 28.0. The minimum absolute atomic E-state index is 0.000853. The summed E-state index contributed by atoms with van der Waals surface area (Å²) in [6.07, 6.45) is 5.13. The van der Waals surface area contributed by atoms with Crippen LogP contribution in [-0.2, 0) is 15.9 Å². The molecule has 0 aromatic heterocycles. The molecule has 0 unspecified atom stereocenters. The van der Waals surface area contributed by atoms with Crippen LogP contribution in [0.1, 0.15) is 86.1 Å². The summed E-state index contributed by atoms with van der Waals surface area (Å²) in [5, 5.41) is 13.1. The summed E-state index contributed by atoms with van der Waals surface area (Å²) in [4.78, 5) is 12.1. The minimum Gasteiger partial charge on any atom is -0.493 e. The molecule has 0 bridgehead atoms. The molecular weight excluding hydrogens is 470 g/mol. The Morgan fingerprint density at radius 2 is 1.62 bits per heavy atom. The van der Waals surface area contributed by atoms with Gasteiger partial charge in [-0.05, 0) is 75.5 Å². The minimum atomic E-state index is -0.614. The van der Waals surface area contributed by atoms with Crippen molar-refractivity contribution < 1.29 is 28.8 Å². The van der Waals surface area contributed by atoms with E-state index in [0.29, 0.717) is 25.0 Å². The van der Waals surface area contributed by atoms with E-state index in [-0.39, 0.29) is 18.1 Å². The molecule has 0 fully saturated rings. The first kappa shape index (κ1) is 33.0. The summed E-state index contributed by atoms with van der Waals surface area (Å²) in [6, 6.07) is 6.22. The third-order valence-electron chi connectivity index (χ3n) is 6.54. The van der Waals surface area contributed by atoms with Gasteiger partial charge in [-0.25, -0.2) is 4.79 Å². The van der Waals surface area contributed by atoms with Gasteiger partial charge in [0.05, 0.1) is 13.7 Å². The fourth-order valence-corrected chi connectivity index (χ4v) is 4.38. The zero-order valence-corrected chi connectivity index (χ0v) is 24.7. The average Bonchev–Trinajstić information content (AvgIpc) is 2.79. The van der Waals surface area contributed by atoms with Crippen LogP contribution < -0.4 is 14.8 Å². The van der Waals surface area contributed by atoms with Crippen LogP contribution in [0.2, 0.25) is 0 Å². The Hall–Kier alpha value is -1.99. The smallest absolute Gasteiger partial charge is 0.410 e. The number of carbonyl (C=O) groups excluding carboxylic acids is 1. The van der Waals surface area contributed by atoms with Crippen LogP contribution >= 0.6 is 0 Å². The molecule has 37 heavy (non-hydrogen) atoms. The number of methoxy groups -OCH3 is 2. The molecule has 213 valence electrons. The van der Waals surface area contributed by atoms with E-state index in [9.17, 15) is 9.90 Å². The quantitative estimate of drug-likeness (QED) is 0.211. The van der Waals surface area contributed by atoms with Crippen molar-refractivity contribution in [3.63, 3.8) is 0 Å². The third-order valence-corrected chi connectivity index (χ3v) is 6.54. The molecule has 0 heterocycles. The topological polar surface area (TPSA) is 86.2 Å². The molecule has 1 aromatic rings. The number of aliphatic hydroxyl groups is 1. The highest BCUT2D eigenvalue weighted by atomic mass is 16.6. The molecule has 0 aliphatic heterocycles. The Kier molecular flexibility index (Phi) is 15.0. The predicted octanol–water partition coefficient (Wildman–Crippen LogP) is 7.14. The van der Waals surface area contributed by atoms with Gasteiger partial charge in [-0.1, -0.05) is 46.6 Å². The van der Waals surface area contributed by atoms with E-state index in [2.05, 4.69) is 45.1 Å². The first-order chi connectivity index (χ1) is 17.4. The van der Waals surface area contributed by atoms with Crippen LogP contribution in [-0.4, -0.2) is 44.2 Å². The summed E-state index contributed by atoms with van der Waals surface area (Å²) in [5.74, 6) is 2.70. The lowest BCUT2D eigenvalue weighted by Gasteiger charge is -2.27. The number of rotatable bonds is 17. The van der Waals surface area contributed by atoms with Crippen LogP contribution in [0.3, 0.4) is 0 Å². The third kappa shape index (κ3) is 13.4. The summed E-state index contributed by atoms with van der Waals surface area (Å²) in [6.45, 7) is 15.3. The normalized spacial score (nSPS) is 13.6. The second kappa shape index (κ2) is 16.8. The number of unbranched alkanes of at least 4 members (excludes halogenated alkanes) is 1. The lowest BCUT2D eigenvalue weighted by Crippen LogP contribution is -2.39. The summed E-state index contributed by atoms with van der Waals surface area (Å²) >= 11 is 0. The van der Waals surface area contributed by atoms with Crippen LogP contribution in [0.5, 0.6) is 11.5 Å². The molecule has 0 saturated heterocycles. The molecule has 0 spiro atoms.